The predicted octanol–water partition coefficient (Wildman–Crippen LogP) is -1.11. The van der Waals surface area contributed by atoms with Crippen LogP contribution >= 0.6 is 0 Å². The van der Waals surface area contributed by atoms with Gasteiger partial charge in [0.15, 0.2) is 6.10 Å². The van der Waals surface area contributed by atoms with Gasteiger partial charge >= 0.3 is 11.9 Å². The zero-order chi connectivity index (χ0) is 20.4. The highest BCUT2D eigenvalue weighted by Crippen LogP contribution is 2.23. The summed E-state index contributed by atoms with van der Waals surface area (Å²) in [6, 6.07) is 10.8. The molecule has 0 amide bonds. The number of aliphatic hydroxyl groups excluding tert-OH is 3. The minimum absolute atomic E-state index is 0.0771. The average Bonchev–Trinajstić information content (AvgIpc) is 2.69. The van der Waals surface area contributed by atoms with E-state index in [1.54, 1.807) is 30.3 Å². The maximum absolute atomic E-state index is 12.4. The lowest BCUT2D eigenvalue weighted by Crippen LogP contribution is -2.60. The minimum atomic E-state index is -1.90. The van der Waals surface area contributed by atoms with Gasteiger partial charge in [0.25, 0.3) is 5.56 Å². The van der Waals surface area contributed by atoms with Crippen molar-refractivity contribution < 1.29 is 39.5 Å². The Morgan fingerprint density at radius 2 is 1.64 bits per heavy atom. The molecular weight excluding hydrogens is 374 g/mol. The van der Waals surface area contributed by atoms with Crippen LogP contribution in [-0.2, 0) is 14.3 Å². The van der Waals surface area contributed by atoms with E-state index in [1.165, 1.54) is 16.8 Å². The van der Waals surface area contributed by atoms with Gasteiger partial charge in [0.05, 0.1) is 5.56 Å². The van der Waals surface area contributed by atoms with Crippen molar-refractivity contribution in [3.05, 3.63) is 64.6 Å². The fourth-order valence-corrected chi connectivity index (χ4v) is 2.72. The molecule has 2 heterocycles. The first-order valence-corrected chi connectivity index (χ1v) is 8.21. The summed E-state index contributed by atoms with van der Waals surface area (Å²) in [7, 11) is 0. The first-order valence-electron chi connectivity index (χ1n) is 8.21. The minimum Gasteiger partial charge on any atom is -0.479 e. The molecule has 0 spiro atoms. The number of carbonyl (C=O) groups is 2. The zero-order valence-electron chi connectivity index (χ0n) is 14.3. The van der Waals surface area contributed by atoms with Crippen molar-refractivity contribution in [2.75, 3.05) is 0 Å². The Bertz CT molecular complexity index is 926. The fourth-order valence-electron chi connectivity index (χ4n) is 2.72. The van der Waals surface area contributed by atoms with E-state index in [9.17, 15) is 29.7 Å². The van der Waals surface area contributed by atoms with Gasteiger partial charge in [-0.2, -0.15) is 0 Å². The van der Waals surface area contributed by atoms with E-state index in [1.807, 2.05) is 0 Å². The Morgan fingerprint density at radius 3 is 2.29 bits per heavy atom. The summed E-state index contributed by atoms with van der Waals surface area (Å²) in [6.45, 7) is 0. The molecule has 1 aromatic carbocycles. The second-order valence-electron chi connectivity index (χ2n) is 6.10. The zero-order valence-corrected chi connectivity index (χ0v) is 14.3. The third kappa shape index (κ3) is 3.80. The molecule has 1 aliphatic heterocycles. The molecule has 1 saturated heterocycles. The molecule has 4 N–H and O–H groups in total. The number of hydrogen-bond donors (Lipinski definition) is 4. The number of nitrogens with zero attached hydrogens (tertiary/aromatic N) is 1. The van der Waals surface area contributed by atoms with Gasteiger partial charge in [-0.25, -0.2) is 9.59 Å². The monoisotopic (exact) mass is 391 g/mol. The van der Waals surface area contributed by atoms with Crippen LogP contribution in [0.3, 0.4) is 0 Å². The smallest absolute Gasteiger partial charge is 0.342 e. The summed E-state index contributed by atoms with van der Waals surface area (Å²) in [5.41, 5.74) is 0.0218. The van der Waals surface area contributed by atoms with Gasteiger partial charge in [0, 0.05) is 18.0 Å². The maximum atomic E-state index is 12.4. The van der Waals surface area contributed by atoms with Gasteiger partial charge in [0.2, 0.25) is 6.29 Å². The van der Waals surface area contributed by atoms with E-state index in [0.717, 1.165) is 6.07 Å². The topological polar surface area (TPSA) is 156 Å². The van der Waals surface area contributed by atoms with Crippen LogP contribution < -0.4 is 5.56 Å². The Hall–Kier alpha value is -3.05. The number of ether oxygens (including phenoxy) is 2. The van der Waals surface area contributed by atoms with Crippen molar-refractivity contribution in [2.45, 2.75) is 30.7 Å². The number of aliphatic carboxylic acids is 1. The summed E-state index contributed by atoms with van der Waals surface area (Å²) in [5, 5.41) is 38.4. The molecule has 0 saturated carbocycles. The standard InChI is InChI=1S/C18H17NO9/c20-11-7-6-9(8-19(11)10-4-2-1-3-5-10)17(26)28-18-14(23)12(21)13(22)15(27-18)16(24)25/h1-8,12-15,18,21-23H,(H,24,25)/t12-,13-,14+,15-,18+/m0/s1. The van der Waals surface area contributed by atoms with Crippen molar-refractivity contribution in [3.63, 3.8) is 0 Å². The highest BCUT2D eigenvalue weighted by atomic mass is 16.7. The van der Waals surface area contributed by atoms with E-state index in [0.29, 0.717) is 5.69 Å². The van der Waals surface area contributed by atoms with Crippen LogP contribution in [0.1, 0.15) is 10.4 Å². The molecule has 1 fully saturated rings. The molecule has 10 nitrogen and oxygen atoms in total. The molecule has 2 aromatic rings. The second kappa shape index (κ2) is 7.90. The molecule has 0 bridgehead atoms. The number of rotatable bonds is 4. The Labute approximate surface area is 157 Å². The fraction of sp³-hybridized carbons (Fsp3) is 0.278. The second-order valence-corrected chi connectivity index (χ2v) is 6.10. The van der Waals surface area contributed by atoms with Crippen LogP contribution in [0.15, 0.2) is 53.5 Å². The van der Waals surface area contributed by atoms with Crippen molar-refractivity contribution in [1.82, 2.24) is 4.57 Å². The van der Waals surface area contributed by atoms with Crippen LogP contribution in [0.4, 0.5) is 0 Å². The summed E-state index contributed by atoms with van der Waals surface area (Å²) in [5.74, 6) is -2.63. The lowest BCUT2D eigenvalue weighted by Gasteiger charge is -2.37. The van der Waals surface area contributed by atoms with Crippen LogP contribution in [0.2, 0.25) is 0 Å². The lowest BCUT2D eigenvalue weighted by atomic mass is 9.99. The van der Waals surface area contributed by atoms with Gasteiger partial charge in [0.1, 0.15) is 18.3 Å². The maximum Gasteiger partial charge on any atom is 0.342 e. The number of benzene rings is 1. The van der Waals surface area contributed by atoms with E-state index < -0.39 is 48.2 Å². The number of pyridine rings is 1. The van der Waals surface area contributed by atoms with E-state index in [2.05, 4.69) is 0 Å². The highest BCUT2D eigenvalue weighted by Gasteiger charge is 2.48. The predicted molar refractivity (Wildman–Crippen MR) is 91.8 cm³/mol. The molecular formula is C18H17NO9. The molecule has 148 valence electrons. The van der Waals surface area contributed by atoms with Crippen LogP contribution in [-0.4, -0.2) is 67.6 Å². The van der Waals surface area contributed by atoms with Crippen molar-refractivity contribution >= 4 is 11.9 Å². The van der Waals surface area contributed by atoms with Gasteiger partial charge < -0.3 is 29.9 Å². The average molecular weight is 391 g/mol. The Morgan fingerprint density at radius 1 is 0.964 bits per heavy atom. The molecule has 28 heavy (non-hydrogen) atoms. The number of carboxylic acids is 1. The SMILES string of the molecule is O=C(O[C@H]1O[C@H](C(=O)O)[C@@H](O)[C@H](O)[C@H]1O)c1ccc(=O)n(-c2ccccc2)c1. The first kappa shape index (κ1) is 19.7. The third-order valence-corrected chi connectivity index (χ3v) is 4.22. The largest absolute Gasteiger partial charge is 0.479 e. The van der Waals surface area contributed by atoms with E-state index >= 15 is 0 Å². The number of hydrogen-bond acceptors (Lipinski definition) is 8. The lowest BCUT2D eigenvalue weighted by molar-refractivity contribution is -0.278. The van der Waals surface area contributed by atoms with Gasteiger partial charge in [-0.15, -0.1) is 0 Å². The van der Waals surface area contributed by atoms with Crippen LogP contribution in [0, 0.1) is 0 Å². The van der Waals surface area contributed by atoms with Crippen LogP contribution in [0.25, 0.3) is 5.69 Å². The Kier molecular flexibility index (Phi) is 5.56. The van der Waals surface area contributed by atoms with Gasteiger partial charge in [-0.3, -0.25) is 9.36 Å². The van der Waals surface area contributed by atoms with Crippen molar-refractivity contribution in [2.24, 2.45) is 0 Å². The molecule has 3 rings (SSSR count). The molecule has 0 radical (unpaired) electrons. The normalized spacial score (nSPS) is 27.2. The van der Waals surface area contributed by atoms with Crippen LogP contribution in [0.5, 0.6) is 0 Å². The quantitative estimate of drug-likeness (QED) is 0.475. The van der Waals surface area contributed by atoms with Gasteiger partial charge in [-0.05, 0) is 18.2 Å². The number of para-hydroxylation sites is 1. The number of carbonyl (C=O) groups excluding carboxylic acids is 1. The molecule has 1 aromatic heterocycles. The summed E-state index contributed by atoms with van der Waals surface area (Å²) < 4.78 is 11.1. The van der Waals surface area contributed by atoms with E-state index in [4.69, 9.17) is 14.6 Å². The summed E-state index contributed by atoms with van der Waals surface area (Å²) in [4.78, 5) is 35.6. The molecule has 0 aliphatic carbocycles. The molecule has 1 aliphatic rings. The summed E-state index contributed by atoms with van der Waals surface area (Å²) in [6.07, 6.45) is -8.17. The first-order chi connectivity index (χ1) is 13.3. The Balaban J connectivity index is 1.83. The number of aliphatic hydroxyl groups is 3. The molecule has 10 heteroatoms. The number of esters is 1. The molecule has 5 atom stereocenters. The highest BCUT2D eigenvalue weighted by molar-refractivity contribution is 5.89. The number of aromatic nitrogens is 1. The van der Waals surface area contributed by atoms with E-state index in [-0.39, 0.29) is 5.56 Å². The van der Waals surface area contributed by atoms with Crippen molar-refractivity contribution in [3.8, 4) is 5.69 Å². The van der Waals surface area contributed by atoms with Crippen molar-refractivity contribution in [1.29, 1.82) is 0 Å². The molecule has 0 unspecified atom stereocenters. The third-order valence-electron chi connectivity index (χ3n) is 4.22. The summed E-state index contributed by atoms with van der Waals surface area (Å²) >= 11 is 0. The number of carboxylic acid groups (broad SMARTS) is 1. The van der Waals surface area contributed by atoms with Gasteiger partial charge in [-0.1, -0.05) is 18.2 Å².